The molecular formula is C27H61N4O3PS2. The van der Waals surface area contributed by atoms with Gasteiger partial charge in [0.15, 0.2) is 10.3 Å². The molecule has 37 heavy (non-hydrogen) atoms. The lowest BCUT2D eigenvalue weighted by Crippen LogP contribution is -2.20. The molecule has 0 spiro atoms. The fourth-order valence-corrected chi connectivity index (χ4v) is 3.49. The van der Waals surface area contributed by atoms with Gasteiger partial charge in [0, 0.05) is 33.3 Å². The number of unbranched alkanes of at least 4 members (excludes halogenated alkanes) is 12. The molecule has 10 heteroatoms. The van der Waals surface area contributed by atoms with Crippen molar-refractivity contribution in [1.29, 1.82) is 0 Å². The van der Waals surface area contributed by atoms with Crippen molar-refractivity contribution in [2.75, 3.05) is 33.3 Å². The molecule has 0 bridgehead atoms. The molecule has 0 heterocycles. The monoisotopic (exact) mass is 584 g/mol. The minimum absolute atomic E-state index is 0.813. The van der Waals surface area contributed by atoms with Crippen molar-refractivity contribution in [3.63, 3.8) is 0 Å². The first-order chi connectivity index (χ1) is 17.9. The second kappa shape index (κ2) is 38.1. The van der Waals surface area contributed by atoms with E-state index in [-0.39, 0.29) is 0 Å². The van der Waals surface area contributed by atoms with Crippen LogP contribution in [0.2, 0.25) is 0 Å². The number of amidine groups is 2. The molecule has 0 aliphatic carbocycles. The first-order valence-electron chi connectivity index (χ1n) is 14.6. The Bertz CT molecular complexity index is 451. The maximum atomic E-state index is 7.76. The third-order valence-electron chi connectivity index (χ3n) is 5.34. The second-order valence-electron chi connectivity index (χ2n) is 8.94. The van der Waals surface area contributed by atoms with Crippen LogP contribution in [-0.4, -0.2) is 53.4 Å². The van der Waals surface area contributed by atoms with Crippen LogP contribution in [-0.2, 0) is 4.52 Å². The molecule has 0 saturated heterocycles. The van der Waals surface area contributed by atoms with E-state index in [1.165, 1.54) is 110 Å². The molecule has 0 atom stereocenters. The lowest BCUT2D eigenvalue weighted by atomic mass is 10.2. The number of nitrogens with one attached hydrogen (secondary N) is 2. The van der Waals surface area contributed by atoms with Crippen LogP contribution >= 0.6 is 33.9 Å². The van der Waals surface area contributed by atoms with E-state index in [0.29, 0.717) is 0 Å². The number of rotatable bonds is 21. The molecule has 7 nitrogen and oxygen atoms in total. The summed E-state index contributed by atoms with van der Waals surface area (Å²) in [6, 6.07) is 0. The summed E-state index contributed by atoms with van der Waals surface area (Å²) in [6.45, 7) is 12.8. The molecule has 0 aromatic heterocycles. The normalized spacial score (nSPS) is 11.5. The summed E-state index contributed by atoms with van der Waals surface area (Å²) < 4.78 is 3.93. The molecule has 0 aliphatic heterocycles. The standard InChI is InChI=1S/2C13H28N2S.CH5O3P/c2*1-3-5-7-9-11-14-13(16)15-12-10-8-6-4-2;1-4-5(2)3/h2*3-12H2,1-2H3,(H2,14,15,16);2-3H,1H3. The number of thiol groups is 2. The third kappa shape index (κ3) is 46.2. The van der Waals surface area contributed by atoms with E-state index in [0.717, 1.165) is 36.5 Å². The maximum absolute atomic E-state index is 7.76. The van der Waals surface area contributed by atoms with E-state index in [4.69, 9.17) is 9.79 Å². The minimum Gasteiger partial charge on any atom is -0.365 e. The van der Waals surface area contributed by atoms with E-state index in [1.54, 1.807) is 0 Å². The summed E-state index contributed by atoms with van der Waals surface area (Å²) in [4.78, 5) is 24.3. The lowest BCUT2D eigenvalue weighted by molar-refractivity contribution is 0.310. The summed E-state index contributed by atoms with van der Waals surface area (Å²) >= 11 is 8.64. The zero-order valence-electron chi connectivity index (χ0n) is 24.7. The van der Waals surface area contributed by atoms with Gasteiger partial charge in [-0.1, -0.05) is 105 Å². The predicted octanol–water partition coefficient (Wildman–Crippen LogP) is 7.89. The Morgan fingerprint density at radius 1 is 0.595 bits per heavy atom. The van der Waals surface area contributed by atoms with Gasteiger partial charge in [-0.05, 0) is 25.7 Å². The van der Waals surface area contributed by atoms with Gasteiger partial charge < -0.3 is 24.9 Å². The fraction of sp³-hybridized carbons (Fsp3) is 0.926. The number of hydrogen-bond donors (Lipinski definition) is 6. The maximum Gasteiger partial charge on any atom is 0.326 e. The Morgan fingerprint density at radius 2 is 0.892 bits per heavy atom. The van der Waals surface area contributed by atoms with Crippen LogP contribution in [0.1, 0.15) is 130 Å². The highest BCUT2D eigenvalue weighted by Gasteiger charge is 1.93. The van der Waals surface area contributed by atoms with E-state index in [2.05, 4.69) is 78.1 Å². The summed E-state index contributed by atoms with van der Waals surface area (Å²) in [5, 5.41) is 8.12. The summed E-state index contributed by atoms with van der Waals surface area (Å²) in [5.74, 6) is 0. The Morgan fingerprint density at radius 3 is 1.16 bits per heavy atom. The summed E-state index contributed by atoms with van der Waals surface area (Å²) in [6.07, 6.45) is 20.5. The van der Waals surface area contributed by atoms with Crippen molar-refractivity contribution in [3.8, 4) is 0 Å². The van der Waals surface area contributed by atoms with E-state index in [9.17, 15) is 0 Å². The van der Waals surface area contributed by atoms with Gasteiger partial charge in [0.05, 0.1) is 0 Å². The van der Waals surface area contributed by atoms with Crippen LogP contribution in [0.4, 0.5) is 0 Å². The molecule has 4 N–H and O–H groups in total. The molecule has 0 aromatic carbocycles. The highest BCUT2D eigenvalue weighted by Crippen LogP contribution is 2.20. The highest BCUT2D eigenvalue weighted by molar-refractivity contribution is 7.97. The molecule has 0 unspecified atom stereocenters. The minimum atomic E-state index is -2.10. The van der Waals surface area contributed by atoms with E-state index >= 15 is 0 Å². The van der Waals surface area contributed by atoms with Crippen molar-refractivity contribution >= 4 is 44.2 Å². The molecule has 0 aliphatic rings. The first-order valence-corrected chi connectivity index (χ1v) is 16.6. The van der Waals surface area contributed by atoms with Gasteiger partial charge in [0.25, 0.3) is 0 Å². The van der Waals surface area contributed by atoms with Crippen LogP contribution in [0.15, 0.2) is 9.98 Å². The molecule has 0 aromatic rings. The van der Waals surface area contributed by atoms with Crippen molar-refractivity contribution in [3.05, 3.63) is 0 Å². The number of hydrogen-bond acceptors (Lipinski definition) is 5. The average Bonchev–Trinajstić information content (AvgIpc) is 2.89. The van der Waals surface area contributed by atoms with Crippen LogP contribution in [0.3, 0.4) is 0 Å². The smallest absolute Gasteiger partial charge is 0.326 e. The first kappa shape index (κ1) is 41.4. The fourth-order valence-electron chi connectivity index (χ4n) is 3.06. The summed E-state index contributed by atoms with van der Waals surface area (Å²) in [7, 11) is -0.870. The van der Waals surface area contributed by atoms with Gasteiger partial charge in [-0.15, -0.1) is 25.3 Å². The summed E-state index contributed by atoms with van der Waals surface area (Å²) in [5.41, 5.74) is 0. The Kier molecular flexibility index (Phi) is 42.7. The molecule has 0 rings (SSSR count). The predicted molar refractivity (Wildman–Crippen MR) is 174 cm³/mol. The van der Waals surface area contributed by atoms with Crippen LogP contribution in [0.25, 0.3) is 0 Å². The van der Waals surface area contributed by atoms with Gasteiger partial charge >= 0.3 is 8.60 Å². The van der Waals surface area contributed by atoms with Gasteiger partial charge in [-0.2, -0.15) is 0 Å². The van der Waals surface area contributed by atoms with Gasteiger partial charge in [0.1, 0.15) is 0 Å². The van der Waals surface area contributed by atoms with E-state index < -0.39 is 8.60 Å². The molecule has 0 radical (unpaired) electrons. The Labute approximate surface area is 242 Å². The SMILES string of the molecule is CCCCCCN=C(S)NCCCCCC.CCCCCCN=C(S)NCCCCCC.COP(O)O. The molecule has 0 amide bonds. The number of aliphatic imine (C=N–C) groups is 2. The van der Waals surface area contributed by atoms with E-state index in [1.807, 2.05) is 0 Å². The molecule has 0 saturated carbocycles. The Balaban J connectivity index is -0.000000528. The zero-order valence-corrected chi connectivity index (χ0v) is 27.4. The van der Waals surface area contributed by atoms with Crippen molar-refractivity contribution in [1.82, 2.24) is 10.6 Å². The van der Waals surface area contributed by atoms with Gasteiger partial charge in [-0.25, -0.2) is 0 Å². The van der Waals surface area contributed by atoms with Crippen molar-refractivity contribution in [2.45, 2.75) is 130 Å². The van der Waals surface area contributed by atoms with Crippen LogP contribution in [0.5, 0.6) is 0 Å². The highest BCUT2D eigenvalue weighted by atomic mass is 32.1. The largest absolute Gasteiger partial charge is 0.365 e. The lowest BCUT2D eigenvalue weighted by Gasteiger charge is -2.04. The molecule has 224 valence electrons. The van der Waals surface area contributed by atoms with Gasteiger partial charge in [-0.3, -0.25) is 9.98 Å². The third-order valence-corrected chi connectivity index (χ3v) is 6.26. The Hall–Kier alpha value is -0.0500. The second-order valence-corrected chi connectivity index (χ2v) is 10.7. The van der Waals surface area contributed by atoms with Crippen LogP contribution in [0, 0.1) is 0 Å². The zero-order chi connectivity index (χ0) is 28.4. The topological polar surface area (TPSA) is 98.5 Å². The van der Waals surface area contributed by atoms with Gasteiger partial charge in [0.2, 0.25) is 0 Å². The van der Waals surface area contributed by atoms with Crippen LogP contribution < -0.4 is 10.6 Å². The molecular weight excluding hydrogens is 523 g/mol. The quantitative estimate of drug-likeness (QED) is 0.0271. The number of nitrogens with zero attached hydrogens (tertiary/aromatic N) is 2. The average molecular weight is 585 g/mol. The van der Waals surface area contributed by atoms with Crippen molar-refractivity contribution < 1.29 is 14.3 Å². The van der Waals surface area contributed by atoms with Crippen molar-refractivity contribution in [2.24, 2.45) is 9.98 Å². The molecule has 0 fully saturated rings.